The summed E-state index contributed by atoms with van der Waals surface area (Å²) in [6.07, 6.45) is 2.63. The molecular formula is C16H12BrClO3. The van der Waals surface area contributed by atoms with Gasteiger partial charge in [-0.15, -0.1) is 0 Å². The molecule has 0 radical (unpaired) electrons. The average molecular weight is 368 g/mol. The minimum Gasteiger partial charge on any atom is -0.478 e. The van der Waals surface area contributed by atoms with Gasteiger partial charge in [0.25, 0.3) is 0 Å². The number of aryl methyl sites for hydroxylation is 1. The lowest BCUT2D eigenvalue weighted by Gasteiger charge is -2.11. The zero-order chi connectivity index (χ0) is 15.4. The highest BCUT2D eigenvalue weighted by Crippen LogP contribution is 2.33. The molecule has 0 heterocycles. The average Bonchev–Trinajstić information content (AvgIpc) is 2.42. The summed E-state index contributed by atoms with van der Waals surface area (Å²) in [6.45, 7) is 1.89. The third-order valence-electron chi connectivity index (χ3n) is 2.73. The van der Waals surface area contributed by atoms with Crippen LogP contribution in [0, 0.1) is 6.92 Å². The molecule has 0 unspecified atom stereocenters. The monoisotopic (exact) mass is 366 g/mol. The molecule has 0 saturated carbocycles. The number of carbonyl (C=O) groups is 1. The van der Waals surface area contributed by atoms with E-state index in [9.17, 15) is 4.79 Å². The maximum Gasteiger partial charge on any atom is 0.328 e. The summed E-state index contributed by atoms with van der Waals surface area (Å²) >= 11 is 9.46. The number of aliphatic carboxylic acids is 1. The molecule has 0 bridgehead atoms. The largest absolute Gasteiger partial charge is 0.478 e. The first-order valence-electron chi connectivity index (χ1n) is 6.10. The van der Waals surface area contributed by atoms with Crippen LogP contribution >= 0.6 is 27.5 Å². The van der Waals surface area contributed by atoms with E-state index in [0.717, 1.165) is 21.7 Å². The topological polar surface area (TPSA) is 46.5 Å². The van der Waals surface area contributed by atoms with Crippen LogP contribution in [0.2, 0.25) is 5.02 Å². The Labute approximate surface area is 135 Å². The van der Waals surface area contributed by atoms with Crippen molar-refractivity contribution in [3.05, 3.63) is 63.1 Å². The van der Waals surface area contributed by atoms with Gasteiger partial charge in [-0.25, -0.2) is 4.79 Å². The molecule has 0 atom stereocenters. The molecule has 21 heavy (non-hydrogen) atoms. The number of hydrogen-bond donors (Lipinski definition) is 1. The van der Waals surface area contributed by atoms with Crippen molar-refractivity contribution >= 4 is 39.6 Å². The molecule has 108 valence electrons. The Balaban J connectivity index is 2.23. The molecule has 0 spiro atoms. The molecule has 0 amide bonds. The van der Waals surface area contributed by atoms with Gasteiger partial charge in [-0.2, -0.15) is 0 Å². The lowest BCUT2D eigenvalue weighted by molar-refractivity contribution is -0.131. The zero-order valence-corrected chi connectivity index (χ0v) is 13.5. The van der Waals surface area contributed by atoms with Crippen LogP contribution in [0.4, 0.5) is 0 Å². The van der Waals surface area contributed by atoms with Crippen LogP contribution in [-0.2, 0) is 4.79 Å². The van der Waals surface area contributed by atoms with Crippen LogP contribution in [0.25, 0.3) is 6.08 Å². The summed E-state index contributed by atoms with van der Waals surface area (Å²) in [4.78, 5) is 10.5. The Morgan fingerprint density at radius 3 is 2.57 bits per heavy atom. The molecule has 0 aromatic heterocycles. The number of carboxylic acid groups (broad SMARTS) is 1. The van der Waals surface area contributed by atoms with E-state index in [1.807, 2.05) is 19.1 Å². The van der Waals surface area contributed by atoms with Crippen molar-refractivity contribution in [2.45, 2.75) is 6.92 Å². The molecule has 2 rings (SSSR count). The first-order chi connectivity index (χ1) is 9.95. The third-order valence-corrected chi connectivity index (χ3v) is 3.52. The van der Waals surface area contributed by atoms with E-state index >= 15 is 0 Å². The smallest absolute Gasteiger partial charge is 0.328 e. The molecule has 2 aromatic rings. The second-order valence-corrected chi connectivity index (χ2v) is 5.70. The summed E-state index contributed by atoms with van der Waals surface area (Å²) < 4.78 is 6.66. The molecule has 0 aliphatic rings. The molecule has 5 heteroatoms. The van der Waals surface area contributed by atoms with Gasteiger partial charge in [-0.05, 0) is 54.5 Å². The van der Waals surface area contributed by atoms with E-state index in [-0.39, 0.29) is 0 Å². The van der Waals surface area contributed by atoms with Crippen molar-refractivity contribution in [2.24, 2.45) is 0 Å². The number of carboxylic acids is 1. The van der Waals surface area contributed by atoms with Crippen LogP contribution in [0.3, 0.4) is 0 Å². The maximum absolute atomic E-state index is 10.5. The number of hydrogen-bond acceptors (Lipinski definition) is 2. The lowest BCUT2D eigenvalue weighted by Crippen LogP contribution is -1.90. The molecule has 0 aliphatic heterocycles. The Morgan fingerprint density at radius 2 is 1.95 bits per heavy atom. The fraction of sp³-hybridized carbons (Fsp3) is 0.0625. The molecule has 0 fully saturated rings. The minimum atomic E-state index is -0.977. The summed E-state index contributed by atoms with van der Waals surface area (Å²) in [7, 11) is 0. The first-order valence-corrected chi connectivity index (χ1v) is 7.27. The highest BCUT2D eigenvalue weighted by Gasteiger charge is 2.06. The standard InChI is InChI=1S/C16H12BrClO3/c1-10-8-11(3-7-16(19)20)2-5-14(10)21-15-6-4-12(17)9-13(15)18/h2-9H,1H3,(H,19,20). The SMILES string of the molecule is Cc1cc(C=CC(=O)O)ccc1Oc1ccc(Br)cc1Cl. The fourth-order valence-corrected chi connectivity index (χ4v) is 2.45. The minimum absolute atomic E-state index is 0.513. The van der Waals surface area contributed by atoms with E-state index < -0.39 is 5.97 Å². The van der Waals surface area contributed by atoms with Crippen LogP contribution in [-0.4, -0.2) is 11.1 Å². The van der Waals surface area contributed by atoms with Gasteiger partial charge in [0.2, 0.25) is 0 Å². The van der Waals surface area contributed by atoms with Crippen LogP contribution in [0.1, 0.15) is 11.1 Å². The normalized spacial score (nSPS) is 10.8. The number of rotatable bonds is 4. The van der Waals surface area contributed by atoms with E-state index in [4.69, 9.17) is 21.4 Å². The van der Waals surface area contributed by atoms with Gasteiger partial charge >= 0.3 is 5.97 Å². The summed E-state index contributed by atoms with van der Waals surface area (Å²) in [6, 6.07) is 10.8. The van der Waals surface area contributed by atoms with Gasteiger partial charge in [0, 0.05) is 10.5 Å². The second-order valence-electron chi connectivity index (χ2n) is 4.37. The van der Waals surface area contributed by atoms with Crippen molar-refractivity contribution in [1.29, 1.82) is 0 Å². The number of halogens is 2. The Bertz CT molecular complexity index is 711. The van der Waals surface area contributed by atoms with Crippen LogP contribution in [0.15, 0.2) is 46.9 Å². The number of benzene rings is 2. The zero-order valence-electron chi connectivity index (χ0n) is 11.1. The van der Waals surface area contributed by atoms with Gasteiger partial charge in [-0.3, -0.25) is 0 Å². The molecule has 2 aromatic carbocycles. The molecule has 0 aliphatic carbocycles. The lowest BCUT2D eigenvalue weighted by atomic mass is 10.1. The van der Waals surface area contributed by atoms with E-state index in [1.54, 1.807) is 24.3 Å². The van der Waals surface area contributed by atoms with Crippen molar-refractivity contribution < 1.29 is 14.6 Å². The second kappa shape index (κ2) is 6.78. The van der Waals surface area contributed by atoms with E-state index in [2.05, 4.69) is 15.9 Å². The Morgan fingerprint density at radius 1 is 1.24 bits per heavy atom. The van der Waals surface area contributed by atoms with E-state index in [0.29, 0.717) is 16.5 Å². The fourth-order valence-electron chi connectivity index (χ4n) is 1.73. The van der Waals surface area contributed by atoms with Gasteiger partial charge in [0.15, 0.2) is 0 Å². The van der Waals surface area contributed by atoms with Gasteiger partial charge < -0.3 is 9.84 Å². The third kappa shape index (κ3) is 4.34. The summed E-state index contributed by atoms with van der Waals surface area (Å²) in [5.41, 5.74) is 1.69. The van der Waals surface area contributed by atoms with Gasteiger partial charge in [-0.1, -0.05) is 33.6 Å². The molecular weight excluding hydrogens is 356 g/mol. The summed E-state index contributed by atoms with van der Waals surface area (Å²) in [5, 5.41) is 9.13. The molecule has 3 nitrogen and oxygen atoms in total. The number of ether oxygens (including phenoxy) is 1. The van der Waals surface area contributed by atoms with Crippen molar-refractivity contribution in [1.82, 2.24) is 0 Å². The highest BCUT2D eigenvalue weighted by molar-refractivity contribution is 9.10. The highest BCUT2D eigenvalue weighted by atomic mass is 79.9. The van der Waals surface area contributed by atoms with Crippen molar-refractivity contribution in [2.75, 3.05) is 0 Å². The molecule has 0 saturated heterocycles. The quantitative estimate of drug-likeness (QED) is 0.746. The summed E-state index contributed by atoms with van der Waals surface area (Å²) in [5.74, 6) is 0.262. The maximum atomic E-state index is 10.5. The van der Waals surface area contributed by atoms with Crippen molar-refractivity contribution in [3.8, 4) is 11.5 Å². The van der Waals surface area contributed by atoms with Crippen LogP contribution in [0.5, 0.6) is 11.5 Å². The van der Waals surface area contributed by atoms with Gasteiger partial charge in [0.05, 0.1) is 5.02 Å². The first kappa shape index (κ1) is 15.6. The van der Waals surface area contributed by atoms with Crippen molar-refractivity contribution in [3.63, 3.8) is 0 Å². The molecule has 1 N–H and O–H groups in total. The predicted molar refractivity (Wildman–Crippen MR) is 87.1 cm³/mol. The predicted octanol–water partition coefficient (Wildman–Crippen LogP) is 5.30. The Kier molecular flexibility index (Phi) is 5.04. The van der Waals surface area contributed by atoms with Gasteiger partial charge in [0.1, 0.15) is 11.5 Å². The van der Waals surface area contributed by atoms with Crippen LogP contribution < -0.4 is 4.74 Å². The van der Waals surface area contributed by atoms with E-state index in [1.165, 1.54) is 6.08 Å². The Hall–Kier alpha value is -1.78.